The van der Waals surface area contributed by atoms with E-state index in [1.54, 1.807) is 4.90 Å². The molecule has 2 bridgehead atoms. The number of amides is 2. The maximum absolute atomic E-state index is 14.3. The Morgan fingerprint density at radius 3 is 2.72 bits per heavy atom. The predicted molar refractivity (Wildman–Crippen MR) is 171 cm³/mol. The molecular weight excluding hydrogens is 613 g/mol. The summed E-state index contributed by atoms with van der Waals surface area (Å²) in [7, 11) is 0. The molecule has 3 saturated carbocycles. The summed E-state index contributed by atoms with van der Waals surface area (Å²) in [6.07, 6.45) is 8.75. The zero-order valence-electron chi connectivity index (χ0n) is 25.8. The fraction of sp³-hybridized carbons (Fsp3) is 0.562. The number of halogens is 1. The number of carbonyl (C=O) groups excluding carboxylic acids is 2. The molecule has 0 radical (unpaired) electrons. The number of hydrogen-bond acceptors (Lipinski definition) is 10. The highest BCUT2D eigenvalue weighted by atomic mass is 32.1. The van der Waals surface area contributed by atoms with Gasteiger partial charge >= 0.3 is 0 Å². The van der Waals surface area contributed by atoms with Crippen LogP contribution in [0.1, 0.15) is 60.2 Å². The molecule has 5 heterocycles. The lowest BCUT2D eigenvalue weighted by Crippen LogP contribution is -2.53. The van der Waals surface area contributed by atoms with Gasteiger partial charge in [0.2, 0.25) is 11.3 Å². The van der Waals surface area contributed by atoms with Crippen molar-refractivity contribution in [1.29, 1.82) is 0 Å². The van der Waals surface area contributed by atoms with E-state index < -0.39 is 5.91 Å². The van der Waals surface area contributed by atoms with Gasteiger partial charge in [0, 0.05) is 37.4 Å². The van der Waals surface area contributed by atoms with E-state index >= 15 is 0 Å². The molecule has 2 N–H and O–H groups in total. The molecule has 3 aromatic rings. The number of nitrogens with zero attached hydrogens (tertiary/aromatic N) is 6. The van der Waals surface area contributed by atoms with E-state index in [2.05, 4.69) is 15.3 Å². The van der Waals surface area contributed by atoms with Gasteiger partial charge in [-0.05, 0) is 55.9 Å². The minimum absolute atomic E-state index is 0.0178. The van der Waals surface area contributed by atoms with Crippen LogP contribution in [0, 0.1) is 11.8 Å². The van der Waals surface area contributed by atoms with Gasteiger partial charge < -0.3 is 29.5 Å². The van der Waals surface area contributed by atoms with E-state index in [0.717, 1.165) is 35.5 Å². The second-order valence-corrected chi connectivity index (χ2v) is 13.8. The Morgan fingerprint density at radius 1 is 1.22 bits per heavy atom. The smallest absolute Gasteiger partial charge is 0.276 e. The number of fused-ring (bicyclic) bond motifs is 2. The number of rotatable bonds is 9. The molecule has 2 aliphatic heterocycles. The normalized spacial score (nSPS) is 24.2. The summed E-state index contributed by atoms with van der Waals surface area (Å²) in [6.45, 7) is 4.18. The molecule has 5 aliphatic rings. The van der Waals surface area contributed by atoms with Crippen LogP contribution in [0.3, 0.4) is 0 Å². The van der Waals surface area contributed by atoms with Crippen LogP contribution in [0.2, 0.25) is 0 Å². The Bertz CT molecular complexity index is 1760. The first-order valence-electron chi connectivity index (χ1n) is 16.0. The van der Waals surface area contributed by atoms with Gasteiger partial charge in [-0.15, -0.1) is 11.3 Å². The highest BCUT2D eigenvalue weighted by Gasteiger charge is 2.56. The molecule has 1 saturated heterocycles. The van der Waals surface area contributed by atoms with Gasteiger partial charge in [-0.2, -0.15) is 0 Å². The number of aromatic nitrogens is 4. The summed E-state index contributed by atoms with van der Waals surface area (Å²) < 4.78 is 21.0. The van der Waals surface area contributed by atoms with Crippen molar-refractivity contribution in [3.63, 3.8) is 0 Å². The zero-order chi connectivity index (χ0) is 32.0. The number of hydrogen-bond donors (Lipinski definition) is 2. The van der Waals surface area contributed by atoms with Crippen molar-refractivity contribution in [1.82, 2.24) is 29.7 Å². The molecule has 4 fully saturated rings. The number of alkyl halides is 1. The largest absolute Gasteiger partial charge is 0.504 e. The first kappa shape index (κ1) is 30.7. The fourth-order valence-corrected chi connectivity index (χ4v) is 8.92. The van der Waals surface area contributed by atoms with Gasteiger partial charge in [0.1, 0.15) is 28.3 Å². The van der Waals surface area contributed by atoms with Crippen molar-refractivity contribution in [2.24, 2.45) is 11.8 Å². The molecule has 1 atom stereocenters. The molecule has 2 amide bonds. The Kier molecular flexibility index (Phi) is 8.26. The third kappa shape index (κ3) is 5.44. The summed E-state index contributed by atoms with van der Waals surface area (Å²) in [4.78, 5) is 57.3. The first-order chi connectivity index (χ1) is 22.3. The van der Waals surface area contributed by atoms with Crippen LogP contribution in [0.25, 0.3) is 15.9 Å². The van der Waals surface area contributed by atoms with Crippen LogP contribution < -0.4 is 15.6 Å². The van der Waals surface area contributed by atoms with E-state index in [0.29, 0.717) is 86.5 Å². The van der Waals surface area contributed by atoms with Gasteiger partial charge in [0.25, 0.3) is 5.91 Å². The van der Waals surface area contributed by atoms with E-state index in [1.165, 1.54) is 23.9 Å². The lowest BCUT2D eigenvalue weighted by molar-refractivity contribution is -0.124. The summed E-state index contributed by atoms with van der Waals surface area (Å²) in [6, 6.07) is 0. The molecule has 8 rings (SSSR count). The fourth-order valence-electron chi connectivity index (χ4n) is 7.84. The standard InChI is InChI=1S/C32H38FN7O5S/c1-2-22-26(38-7-9-39(10-8-38)31(44)25-23(41)16-34-18-35-25)27(43)28-29(36-30(46-28)19-4-11-45-12-5-19)40(22)17-24(42)37-32-13-20(3-6-33)21(14-32)15-32/h4,16,18,20-21,41H,2-3,5-15,17H2,1H3,(H,37,42)/t20-,21?,32?/m0/s1. The Labute approximate surface area is 269 Å². The zero-order valence-corrected chi connectivity index (χ0v) is 26.7. The van der Waals surface area contributed by atoms with Gasteiger partial charge in [-0.1, -0.05) is 13.0 Å². The average Bonchev–Trinajstić information content (AvgIpc) is 3.74. The second kappa shape index (κ2) is 12.4. The summed E-state index contributed by atoms with van der Waals surface area (Å²) >= 11 is 1.35. The number of thiazole rings is 1. The number of piperazine rings is 1. The summed E-state index contributed by atoms with van der Waals surface area (Å²) in [5.41, 5.74) is 2.35. The summed E-state index contributed by atoms with van der Waals surface area (Å²) in [5.74, 6) is -0.00621. The van der Waals surface area contributed by atoms with E-state index in [4.69, 9.17) is 9.72 Å². The highest BCUT2D eigenvalue weighted by molar-refractivity contribution is 7.19. The third-order valence-electron chi connectivity index (χ3n) is 10.0. The van der Waals surface area contributed by atoms with Crippen molar-refractivity contribution in [3.8, 4) is 5.75 Å². The average molecular weight is 652 g/mol. The minimum Gasteiger partial charge on any atom is -0.504 e. The lowest BCUT2D eigenvalue weighted by Gasteiger charge is -2.39. The second-order valence-electron chi connectivity index (χ2n) is 12.8. The Balaban J connectivity index is 1.20. The van der Waals surface area contributed by atoms with Crippen LogP contribution in [0.5, 0.6) is 5.75 Å². The quantitative estimate of drug-likeness (QED) is 0.357. The van der Waals surface area contributed by atoms with Crippen LogP contribution >= 0.6 is 11.3 Å². The van der Waals surface area contributed by atoms with Crippen LogP contribution in [-0.4, -0.2) is 92.9 Å². The molecule has 3 aromatic heterocycles. The van der Waals surface area contributed by atoms with Crippen LogP contribution in [-0.2, 0) is 22.5 Å². The predicted octanol–water partition coefficient (Wildman–Crippen LogP) is 2.93. The molecule has 46 heavy (non-hydrogen) atoms. The topological polar surface area (TPSA) is 143 Å². The molecule has 0 spiro atoms. The minimum atomic E-state index is -0.394. The van der Waals surface area contributed by atoms with E-state index in [-0.39, 0.29) is 41.5 Å². The van der Waals surface area contributed by atoms with Crippen molar-refractivity contribution in [3.05, 3.63) is 45.2 Å². The van der Waals surface area contributed by atoms with E-state index in [1.807, 2.05) is 22.5 Å². The number of aromatic hydroxyl groups is 1. The van der Waals surface area contributed by atoms with Gasteiger partial charge in [0.15, 0.2) is 17.1 Å². The molecule has 14 heteroatoms. The molecule has 0 unspecified atom stereocenters. The molecular formula is C32H38FN7O5S. The Morgan fingerprint density at radius 2 is 2.02 bits per heavy atom. The van der Waals surface area contributed by atoms with E-state index in [9.17, 15) is 23.9 Å². The number of nitrogens with one attached hydrogen (secondary N) is 1. The Hall–Kier alpha value is -3.91. The van der Waals surface area contributed by atoms with Gasteiger partial charge in [-0.3, -0.25) is 18.8 Å². The number of pyridine rings is 1. The van der Waals surface area contributed by atoms with Crippen LogP contribution in [0.4, 0.5) is 10.1 Å². The molecule has 3 aliphatic carbocycles. The number of ether oxygens (including phenoxy) is 1. The molecule has 12 nitrogen and oxygen atoms in total. The van der Waals surface area contributed by atoms with Crippen LogP contribution in [0.15, 0.2) is 23.4 Å². The van der Waals surface area contributed by atoms with Crippen molar-refractivity contribution in [2.75, 3.05) is 51.0 Å². The summed E-state index contributed by atoms with van der Waals surface area (Å²) in [5, 5.41) is 14.2. The maximum atomic E-state index is 14.3. The van der Waals surface area contributed by atoms with Gasteiger partial charge in [0.05, 0.1) is 26.1 Å². The van der Waals surface area contributed by atoms with Crippen molar-refractivity contribution >= 4 is 44.8 Å². The molecule has 244 valence electrons. The number of carbonyl (C=O) groups is 2. The van der Waals surface area contributed by atoms with Crippen molar-refractivity contribution < 1.29 is 23.8 Å². The highest BCUT2D eigenvalue weighted by Crippen LogP contribution is 2.56. The number of anilines is 1. The third-order valence-corrected chi connectivity index (χ3v) is 11.2. The first-order valence-corrected chi connectivity index (χ1v) is 16.9. The molecule has 0 aromatic carbocycles. The lowest BCUT2D eigenvalue weighted by atomic mass is 9.76. The van der Waals surface area contributed by atoms with Gasteiger partial charge in [-0.25, -0.2) is 15.0 Å². The monoisotopic (exact) mass is 651 g/mol. The maximum Gasteiger partial charge on any atom is 0.276 e. The SMILES string of the molecule is CCc1c(N2CCN(C(=O)c3ncncc3O)CC2)c(=O)c2sc(C3=CCOCC3)nc2n1CC(=O)NC12CC(C1)[C@@H](CCF)C2. The van der Waals surface area contributed by atoms with Crippen molar-refractivity contribution in [2.45, 2.75) is 57.5 Å².